The number of methoxy groups -OCH3 is 1. The van der Waals surface area contributed by atoms with Gasteiger partial charge >= 0.3 is 0 Å². The molecule has 0 aliphatic carbocycles. The van der Waals surface area contributed by atoms with Crippen molar-refractivity contribution >= 4 is 0 Å². The number of nitrogens with two attached hydrogens (primary N) is 1. The highest BCUT2D eigenvalue weighted by Gasteiger charge is 2.02. The molecule has 44 valence electrons. The van der Waals surface area contributed by atoms with Gasteiger partial charge < -0.3 is 10.5 Å². The minimum atomic E-state index is 0.144. The summed E-state index contributed by atoms with van der Waals surface area (Å²) in [5, 5.41) is 0. The molecular weight excluding hydrogens is 90.1 g/mol. The van der Waals surface area contributed by atoms with Gasteiger partial charge in [-0.1, -0.05) is 0 Å². The van der Waals surface area contributed by atoms with Crippen LogP contribution in [0.2, 0.25) is 0 Å². The highest BCUT2D eigenvalue weighted by atomic mass is 16.5. The molecule has 0 aliphatic rings. The summed E-state index contributed by atoms with van der Waals surface area (Å²) in [6, 6.07) is 0.144. The van der Waals surface area contributed by atoms with Crippen LogP contribution < -0.4 is 5.73 Å². The van der Waals surface area contributed by atoms with E-state index in [9.17, 15) is 0 Å². The average Bonchev–Trinajstić information content (AvgIpc) is 1.65. The van der Waals surface area contributed by atoms with E-state index in [0.29, 0.717) is 0 Å². The van der Waals surface area contributed by atoms with Gasteiger partial charge in [0.05, 0.1) is 6.10 Å². The molecule has 0 spiro atoms. The van der Waals surface area contributed by atoms with Crippen LogP contribution in [0.3, 0.4) is 0 Å². The molecule has 0 heterocycles. The van der Waals surface area contributed by atoms with Gasteiger partial charge in [-0.2, -0.15) is 0 Å². The Labute approximate surface area is 44.7 Å². The summed E-state index contributed by atoms with van der Waals surface area (Å²) < 4.78 is 4.89. The van der Waals surface area contributed by atoms with Crippen molar-refractivity contribution in [3.8, 4) is 0 Å². The van der Waals surface area contributed by atoms with Gasteiger partial charge in [0.1, 0.15) is 0 Å². The van der Waals surface area contributed by atoms with Gasteiger partial charge in [-0.05, 0) is 13.8 Å². The van der Waals surface area contributed by atoms with E-state index >= 15 is 0 Å². The Bertz CT molecular complexity index is 45.3. The smallest absolute Gasteiger partial charge is 0.0691 e. The van der Waals surface area contributed by atoms with Crippen LogP contribution in [0.15, 0.2) is 0 Å². The molecule has 2 atom stereocenters. The van der Waals surface area contributed by atoms with Crippen molar-refractivity contribution in [2.75, 3.05) is 7.11 Å². The fraction of sp³-hybridized carbons (Fsp3) is 1.00. The average molecular weight is 103 g/mol. The third-order valence-electron chi connectivity index (χ3n) is 1.11. The van der Waals surface area contributed by atoms with Gasteiger partial charge in [0, 0.05) is 13.2 Å². The molecule has 7 heavy (non-hydrogen) atoms. The van der Waals surface area contributed by atoms with E-state index in [1.54, 1.807) is 7.11 Å². The monoisotopic (exact) mass is 103 g/mol. The van der Waals surface area contributed by atoms with E-state index in [1.165, 1.54) is 0 Å². The van der Waals surface area contributed by atoms with Crippen molar-refractivity contribution in [2.45, 2.75) is 26.0 Å². The largest absolute Gasteiger partial charge is 0.380 e. The molecule has 0 amide bonds. The Balaban J connectivity index is 3.14. The fourth-order valence-electron chi connectivity index (χ4n) is 0.215. The molecule has 0 saturated carbocycles. The van der Waals surface area contributed by atoms with Crippen LogP contribution in [0.25, 0.3) is 0 Å². The van der Waals surface area contributed by atoms with E-state index < -0.39 is 0 Å². The number of ether oxygens (including phenoxy) is 1. The third kappa shape index (κ3) is 2.60. The standard InChI is InChI=1S/C5H13NO/c1-4(6)5(2)7-3/h4-5H,6H2,1-3H3/t4-,5?/m0/s1. The van der Waals surface area contributed by atoms with Crippen LogP contribution in [-0.4, -0.2) is 19.3 Å². The lowest BCUT2D eigenvalue weighted by Gasteiger charge is -2.11. The van der Waals surface area contributed by atoms with Gasteiger partial charge in [-0.25, -0.2) is 0 Å². The van der Waals surface area contributed by atoms with Gasteiger partial charge in [0.15, 0.2) is 0 Å². The summed E-state index contributed by atoms with van der Waals surface area (Å²) in [4.78, 5) is 0. The SMILES string of the molecule is COC(C)[C@H](C)N. The highest BCUT2D eigenvalue weighted by Crippen LogP contribution is 1.89. The lowest BCUT2D eigenvalue weighted by atomic mass is 10.2. The van der Waals surface area contributed by atoms with Crippen molar-refractivity contribution in [1.29, 1.82) is 0 Å². The molecule has 0 rings (SSSR count). The normalized spacial score (nSPS) is 18.9. The van der Waals surface area contributed by atoms with E-state index in [2.05, 4.69) is 0 Å². The zero-order valence-electron chi connectivity index (χ0n) is 5.14. The zero-order valence-corrected chi connectivity index (χ0v) is 5.14. The maximum atomic E-state index is 5.42. The molecule has 0 aromatic heterocycles. The molecule has 0 aromatic rings. The van der Waals surface area contributed by atoms with Crippen molar-refractivity contribution in [2.24, 2.45) is 5.73 Å². The maximum Gasteiger partial charge on any atom is 0.0691 e. The van der Waals surface area contributed by atoms with Crippen molar-refractivity contribution in [3.05, 3.63) is 0 Å². The Morgan fingerprint density at radius 1 is 1.43 bits per heavy atom. The zero-order chi connectivity index (χ0) is 5.86. The second-order valence-electron chi connectivity index (χ2n) is 1.80. The third-order valence-corrected chi connectivity index (χ3v) is 1.11. The molecule has 2 nitrogen and oxygen atoms in total. The van der Waals surface area contributed by atoms with Crippen LogP contribution in [0.5, 0.6) is 0 Å². The fourth-order valence-corrected chi connectivity index (χ4v) is 0.215. The molecule has 2 N–H and O–H groups in total. The summed E-state index contributed by atoms with van der Waals surface area (Å²) >= 11 is 0. The Kier molecular flexibility index (Phi) is 2.96. The van der Waals surface area contributed by atoms with Crippen molar-refractivity contribution < 1.29 is 4.74 Å². The van der Waals surface area contributed by atoms with Gasteiger partial charge in [-0.15, -0.1) is 0 Å². The Morgan fingerprint density at radius 2 is 1.86 bits per heavy atom. The minimum Gasteiger partial charge on any atom is -0.380 e. The predicted molar refractivity (Wildman–Crippen MR) is 30.1 cm³/mol. The maximum absolute atomic E-state index is 5.42. The molecule has 2 heteroatoms. The van der Waals surface area contributed by atoms with Crippen LogP contribution in [0, 0.1) is 0 Å². The summed E-state index contributed by atoms with van der Waals surface area (Å²) in [6.45, 7) is 3.87. The van der Waals surface area contributed by atoms with E-state index in [1.807, 2.05) is 13.8 Å². The lowest BCUT2D eigenvalue weighted by molar-refractivity contribution is 0.101. The van der Waals surface area contributed by atoms with Gasteiger partial charge in [0.25, 0.3) is 0 Å². The minimum absolute atomic E-state index is 0.144. The van der Waals surface area contributed by atoms with Crippen LogP contribution in [0.4, 0.5) is 0 Å². The highest BCUT2D eigenvalue weighted by molar-refractivity contribution is 4.60. The first kappa shape index (κ1) is 6.92. The van der Waals surface area contributed by atoms with Crippen LogP contribution in [-0.2, 0) is 4.74 Å². The van der Waals surface area contributed by atoms with E-state index in [-0.39, 0.29) is 12.1 Å². The summed E-state index contributed by atoms with van der Waals surface area (Å²) in [5.41, 5.74) is 5.42. The van der Waals surface area contributed by atoms with Crippen LogP contribution in [0.1, 0.15) is 13.8 Å². The summed E-state index contributed by atoms with van der Waals surface area (Å²) in [6.07, 6.45) is 0.181. The first-order valence-electron chi connectivity index (χ1n) is 2.47. The Hall–Kier alpha value is -0.0800. The summed E-state index contributed by atoms with van der Waals surface area (Å²) in [7, 11) is 1.66. The van der Waals surface area contributed by atoms with Gasteiger partial charge in [-0.3, -0.25) is 0 Å². The number of rotatable bonds is 2. The molecule has 0 aromatic carbocycles. The first-order valence-corrected chi connectivity index (χ1v) is 2.47. The molecular formula is C5H13NO. The Morgan fingerprint density at radius 3 is 1.86 bits per heavy atom. The number of hydrogen-bond donors (Lipinski definition) is 1. The molecule has 0 saturated heterocycles. The lowest BCUT2D eigenvalue weighted by Crippen LogP contribution is -2.30. The van der Waals surface area contributed by atoms with E-state index in [4.69, 9.17) is 10.5 Å². The second kappa shape index (κ2) is 2.99. The predicted octanol–water partition coefficient (Wildman–Crippen LogP) is 0.368. The molecule has 0 aliphatic heterocycles. The quantitative estimate of drug-likeness (QED) is 0.548. The van der Waals surface area contributed by atoms with Crippen molar-refractivity contribution in [1.82, 2.24) is 0 Å². The second-order valence-corrected chi connectivity index (χ2v) is 1.80. The molecule has 1 unspecified atom stereocenters. The molecule has 0 bridgehead atoms. The topological polar surface area (TPSA) is 35.2 Å². The molecule has 0 radical (unpaired) electrons. The van der Waals surface area contributed by atoms with Crippen LogP contribution >= 0.6 is 0 Å². The first-order chi connectivity index (χ1) is 3.18. The summed E-state index contributed by atoms with van der Waals surface area (Å²) in [5.74, 6) is 0. The van der Waals surface area contributed by atoms with E-state index in [0.717, 1.165) is 0 Å². The molecule has 0 fully saturated rings. The van der Waals surface area contributed by atoms with Crippen molar-refractivity contribution in [3.63, 3.8) is 0 Å². The number of hydrogen-bond acceptors (Lipinski definition) is 2. The van der Waals surface area contributed by atoms with Gasteiger partial charge in [0.2, 0.25) is 0 Å².